The normalized spacial score (nSPS) is 15.2. The van der Waals surface area contributed by atoms with Crippen LogP contribution in [0, 0.1) is 12.7 Å². The number of carbonyl (C=O) groups is 2. The molecule has 0 spiro atoms. The Morgan fingerprint density at radius 2 is 2.03 bits per heavy atom. The molecule has 0 saturated carbocycles. The molecule has 5 rings (SSSR count). The van der Waals surface area contributed by atoms with Gasteiger partial charge < -0.3 is 15.4 Å². The number of thiophene rings is 1. The highest BCUT2D eigenvalue weighted by Gasteiger charge is 2.24. The van der Waals surface area contributed by atoms with Gasteiger partial charge in [-0.15, -0.1) is 11.3 Å². The maximum Gasteiger partial charge on any atom is 0.265 e. The third-order valence-corrected chi connectivity index (χ3v) is 6.39. The third kappa shape index (κ3) is 3.71. The fraction of sp³-hybridized carbons (Fsp3) is 0.174. The Morgan fingerprint density at radius 3 is 2.81 bits per heavy atom. The summed E-state index contributed by atoms with van der Waals surface area (Å²) < 4.78 is 20.6. The Balaban J connectivity index is 1.38. The van der Waals surface area contributed by atoms with Crippen molar-refractivity contribution < 1.29 is 18.7 Å². The summed E-state index contributed by atoms with van der Waals surface area (Å²) in [6, 6.07) is 13.2. The van der Waals surface area contributed by atoms with E-state index in [4.69, 9.17) is 4.74 Å². The van der Waals surface area contributed by atoms with Gasteiger partial charge in [-0.1, -0.05) is 12.1 Å². The number of halogens is 1. The van der Waals surface area contributed by atoms with Gasteiger partial charge in [-0.25, -0.2) is 4.39 Å². The zero-order chi connectivity index (χ0) is 22.4. The lowest BCUT2D eigenvalue weighted by Gasteiger charge is -2.23. The second kappa shape index (κ2) is 7.76. The molecule has 0 bridgehead atoms. The largest absolute Gasteiger partial charge is 0.479 e. The number of ether oxygens (including phenoxy) is 1. The van der Waals surface area contributed by atoms with Crippen molar-refractivity contribution in [1.29, 1.82) is 0 Å². The molecule has 4 aromatic rings. The summed E-state index contributed by atoms with van der Waals surface area (Å²) in [5.74, 6) is -0.205. The first kappa shape index (κ1) is 20.2. The number of nitrogens with zero attached hydrogens (tertiary/aromatic N) is 2. The van der Waals surface area contributed by atoms with Crippen molar-refractivity contribution in [2.75, 3.05) is 10.6 Å². The standard InChI is InChI=1S/C23H19FN4O3S/c1-12-17-10-20(32-23(17)28(27-12)11-14-3-5-15(24)6-4-14)22(30)25-16-7-8-19-18(9-16)26-21(29)13(2)31-19/h3-10,13H,11H2,1-2H3,(H,25,30)(H,26,29)/t13-/m1/s1. The summed E-state index contributed by atoms with van der Waals surface area (Å²) in [4.78, 5) is 26.2. The van der Waals surface area contributed by atoms with Crippen LogP contribution >= 0.6 is 11.3 Å². The van der Waals surface area contributed by atoms with Crippen molar-refractivity contribution in [3.05, 3.63) is 70.5 Å². The number of aromatic nitrogens is 2. The summed E-state index contributed by atoms with van der Waals surface area (Å²) in [7, 11) is 0. The molecule has 0 aliphatic carbocycles. The molecular weight excluding hydrogens is 431 g/mol. The molecule has 1 aliphatic rings. The van der Waals surface area contributed by atoms with Gasteiger partial charge in [-0.2, -0.15) is 5.10 Å². The minimum absolute atomic E-state index is 0.230. The third-order valence-electron chi connectivity index (χ3n) is 5.25. The first-order valence-electron chi connectivity index (χ1n) is 10.0. The average Bonchev–Trinajstić information content (AvgIpc) is 3.32. The van der Waals surface area contributed by atoms with Crippen LogP contribution in [0.15, 0.2) is 48.5 Å². The number of hydrogen-bond donors (Lipinski definition) is 2. The molecule has 32 heavy (non-hydrogen) atoms. The van der Waals surface area contributed by atoms with E-state index >= 15 is 0 Å². The molecule has 0 unspecified atom stereocenters. The van der Waals surface area contributed by atoms with Gasteiger partial charge in [0.15, 0.2) is 6.10 Å². The maximum absolute atomic E-state index is 13.2. The first-order valence-corrected chi connectivity index (χ1v) is 10.8. The monoisotopic (exact) mass is 450 g/mol. The van der Waals surface area contributed by atoms with Crippen LogP contribution in [0.5, 0.6) is 5.75 Å². The molecule has 2 aromatic heterocycles. The number of anilines is 2. The van der Waals surface area contributed by atoms with Crippen LogP contribution < -0.4 is 15.4 Å². The Labute approximate surface area is 186 Å². The SMILES string of the molecule is Cc1nn(Cc2ccc(F)cc2)c2sc(C(=O)Nc3ccc4c(c3)NC(=O)[C@@H](C)O4)cc12. The van der Waals surface area contributed by atoms with Gasteiger partial charge in [-0.3, -0.25) is 14.3 Å². The number of nitrogens with one attached hydrogen (secondary N) is 2. The fourth-order valence-electron chi connectivity index (χ4n) is 3.57. The lowest BCUT2D eigenvalue weighted by molar-refractivity contribution is -0.122. The molecule has 7 nitrogen and oxygen atoms in total. The molecule has 9 heteroatoms. The summed E-state index contributed by atoms with van der Waals surface area (Å²) in [5.41, 5.74) is 2.81. The van der Waals surface area contributed by atoms with Crippen molar-refractivity contribution >= 4 is 44.7 Å². The summed E-state index contributed by atoms with van der Waals surface area (Å²) in [6.45, 7) is 4.05. The van der Waals surface area contributed by atoms with Gasteiger partial charge in [-0.05, 0) is 55.8 Å². The highest BCUT2D eigenvalue weighted by molar-refractivity contribution is 7.20. The van der Waals surface area contributed by atoms with Crippen LogP contribution in [0.3, 0.4) is 0 Å². The molecule has 1 aliphatic heterocycles. The van der Waals surface area contributed by atoms with Crippen molar-refractivity contribution in [3.63, 3.8) is 0 Å². The van der Waals surface area contributed by atoms with Crippen molar-refractivity contribution in [2.24, 2.45) is 0 Å². The zero-order valence-electron chi connectivity index (χ0n) is 17.3. The number of fused-ring (bicyclic) bond motifs is 2. The second-order valence-corrected chi connectivity index (χ2v) is 8.64. The van der Waals surface area contributed by atoms with Crippen LogP contribution in [-0.4, -0.2) is 27.7 Å². The highest BCUT2D eigenvalue weighted by atomic mass is 32.1. The summed E-state index contributed by atoms with van der Waals surface area (Å²) in [5, 5.41) is 11.1. The van der Waals surface area contributed by atoms with Crippen LogP contribution in [0.4, 0.5) is 15.8 Å². The molecule has 0 radical (unpaired) electrons. The molecule has 0 saturated heterocycles. The number of aryl methyl sites for hydroxylation is 1. The van der Waals surface area contributed by atoms with Gasteiger partial charge in [0.05, 0.1) is 22.8 Å². The Kier molecular flexibility index (Phi) is 4.90. The minimum Gasteiger partial charge on any atom is -0.479 e. The quantitative estimate of drug-likeness (QED) is 0.477. The summed E-state index contributed by atoms with van der Waals surface area (Å²) >= 11 is 1.34. The van der Waals surface area contributed by atoms with E-state index in [0.29, 0.717) is 28.5 Å². The number of carbonyl (C=O) groups excluding carboxylic acids is 2. The highest BCUT2D eigenvalue weighted by Crippen LogP contribution is 2.33. The zero-order valence-corrected chi connectivity index (χ0v) is 18.1. The smallest absolute Gasteiger partial charge is 0.265 e. The Hall–Kier alpha value is -3.72. The van der Waals surface area contributed by atoms with Crippen LogP contribution in [0.25, 0.3) is 10.2 Å². The van der Waals surface area contributed by atoms with E-state index in [2.05, 4.69) is 15.7 Å². The second-order valence-electron chi connectivity index (χ2n) is 7.61. The van der Waals surface area contributed by atoms with Crippen molar-refractivity contribution in [2.45, 2.75) is 26.5 Å². The number of rotatable bonds is 4. The van der Waals surface area contributed by atoms with Crippen LogP contribution in [0.2, 0.25) is 0 Å². The summed E-state index contributed by atoms with van der Waals surface area (Å²) in [6.07, 6.45) is -0.556. The van der Waals surface area contributed by atoms with Crippen LogP contribution in [0.1, 0.15) is 27.9 Å². The molecule has 3 heterocycles. The molecule has 162 valence electrons. The lowest BCUT2D eigenvalue weighted by Crippen LogP contribution is -2.34. The van der Waals surface area contributed by atoms with E-state index in [1.165, 1.54) is 23.5 Å². The van der Waals surface area contributed by atoms with Gasteiger partial charge in [0.2, 0.25) is 0 Å². The van der Waals surface area contributed by atoms with Crippen LogP contribution in [-0.2, 0) is 11.3 Å². The molecule has 2 aromatic carbocycles. The predicted octanol–water partition coefficient (Wildman–Crippen LogP) is 4.57. The molecule has 2 N–H and O–H groups in total. The fourth-order valence-corrected chi connectivity index (χ4v) is 4.63. The number of hydrogen-bond acceptors (Lipinski definition) is 5. The van der Waals surface area contributed by atoms with Gasteiger partial charge in [0, 0.05) is 11.1 Å². The molecular formula is C23H19FN4O3S. The van der Waals surface area contributed by atoms with E-state index in [1.54, 1.807) is 37.3 Å². The van der Waals surface area contributed by atoms with E-state index in [-0.39, 0.29) is 17.6 Å². The Morgan fingerprint density at radius 1 is 1.25 bits per heavy atom. The van der Waals surface area contributed by atoms with Gasteiger partial charge in [0.25, 0.3) is 11.8 Å². The molecule has 0 fully saturated rings. The molecule has 2 amide bonds. The Bertz CT molecular complexity index is 1360. The van der Waals surface area contributed by atoms with Gasteiger partial charge >= 0.3 is 0 Å². The topological polar surface area (TPSA) is 85.3 Å². The van der Waals surface area contributed by atoms with E-state index in [9.17, 15) is 14.0 Å². The maximum atomic E-state index is 13.2. The van der Waals surface area contributed by atoms with Crippen molar-refractivity contribution in [3.8, 4) is 5.75 Å². The average molecular weight is 450 g/mol. The lowest BCUT2D eigenvalue weighted by atomic mass is 10.2. The minimum atomic E-state index is -0.556. The molecule has 1 atom stereocenters. The van der Waals surface area contributed by atoms with E-state index in [1.807, 2.05) is 17.7 Å². The van der Waals surface area contributed by atoms with E-state index < -0.39 is 6.10 Å². The number of benzene rings is 2. The van der Waals surface area contributed by atoms with E-state index in [0.717, 1.165) is 21.5 Å². The van der Waals surface area contributed by atoms with Gasteiger partial charge in [0.1, 0.15) is 16.4 Å². The predicted molar refractivity (Wildman–Crippen MR) is 121 cm³/mol. The first-order chi connectivity index (χ1) is 15.4. The van der Waals surface area contributed by atoms with Crippen molar-refractivity contribution in [1.82, 2.24) is 9.78 Å². The number of amides is 2.